The van der Waals surface area contributed by atoms with E-state index in [1.807, 2.05) is 35.0 Å². The monoisotopic (exact) mass is 245 g/mol. The van der Waals surface area contributed by atoms with E-state index in [0.717, 1.165) is 11.3 Å². The number of rotatable bonds is 5. The van der Waals surface area contributed by atoms with E-state index in [-0.39, 0.29) is 12.5 Å². The normalized spacial score (nSPS) is 10.3. The minimum absolute atomic E-state index is 0.222. The molecule has 0 unspecified atom stereocenters. The summed E-state index contributed by atoms with van der Waals surface area (Å²) in [5.41, 5.74) is 2.17. The van der Waals surface area contributed by atoms with Gasteiger partial charge in [-0.15, -0.1) is 0 Å². The van der Waals surface area contributed by atoms with Crippen LogP contribution in [0.1, 0.15) is 5.56 Å². The van der Waals surface area contributed by atoms with Gasteiger partial charge in [0.25, 0.3) is 0 Å². The van der Waals surface area contributed by atoms with E-state index in [1.54, 1.807) is 12.5 Å². The Morgan fingerprint density at radius 1 is 1.39 bits per heavy atom. The molecule has 1 aromatic carbocycles. The van der Waals surface area contributed by atoms with Crippen molar-refractivity contribution in [1.82, 2.24) is 14.9 Å². The van der Waals surface area contributed by atoms with Crippen LogP contribution in [0.5, 0.6) is 0 Å². The van der Waals surface area contributed by atoms with Gasteiger partial charge in [0.1, 0.15) is 0 Å². The molecule has 1 N–H and O–H groups in total. The SMILES string of the molecule is COC(=O)CNCc1ccc(-n2ccnc2)cc1. The fraction of sp³-hybridized carbons (Fsp3) is 0.231. The van der Waals surface area contributed by atoms with Crippen LogP contribution in [0.15, 0.2) is 43.0 Å². The average molecular weight is 245 g/mol. The maximum atomic E-state index is 10.9. The Labute approximate surface area is 105 Å². The molecule has 0 saturated carbocycles. The second-order valence-electron chi connectivity index (χ2n) is 3.82. The van der Waals surface area contributed by atoms with Crippen LogP contribution in [0.2, 0.25) is 0 Å². The summed E-state index contributed by atoms with van der Waals surface area (Å²) in [6.45, 7) is 0.860. The van der Waals surface area contributed by atoms with Gasteiger partial charge in [0.2, 0.25) is 0 Å². The molecule has 94 valence electrons. The molecule has 2 aromatic rings. The van der Waals surface area contributed by atoms with Crippen LogP contribution >= 0.6 is 0 Å². The highest BCUT2D eigenvalue weighted by atomic mass is 16.5. The first-order chi connectivity index (χ1) is 8.79. The molecule has 0 atom stereocenters. The van der Waals surface area contributed by atoms with Crippen LogP contribution in [0.25, 0.3) is 5.69 Å². The molecule has 0 bridgehead atoms. The summed E-state index contributed by atoms with van der Waals surface area (Å²) in [6.07, 6.45) is 5.39. The predicted octanol–water partition coefficient (Wildman–Crippen LogP) is 1.13. The molecule has 1 aromatic heterocycles. The quantitative estimate of drug-likeness (QED) is 0.802. The van der Waals surface area contributed by atoms with Gasteiger partial charge < -0.3 is 14.6 Å². The molecule has 0 amide bonds. The maximum absolute atomic E-state index is 10.9. The number of hydrogen-bond acceptors (Lipinski definition) is 4. The van der Waals surface area contributed by atoms with Crippen LogP contribution in [0, 0.1) is 0 Å². The van der Waals surface area contributed by atoms with Crippen LogP contribution in [0.4, 0.5) is 0 Å². The predicted molar refractivity (Wildman–Crippen MR) is 67.3 cm³/mol. The molecule has 18 heavy (non-hydrogen) atoms. The summed E-state index contributed by atoms with van der Waals surface area (Å²) < 4.78 is 6.48. The topological polar surface area (TPSA) is 56.1 Å². The molecule has 0 saturated heterocycles. The van der Waals surface area contributed by atoms with Gasteiger partial charge in [0.05, 0.1) is 20.0 Å². The van der Waals surface area contributed by atoms with E-state index >= 15 is 0 Å². The fourth-order valence-corrected chi connectivity index (χ4v) is 1.58. The average Bonchev–Trinajstić information content (AvgIpc) is 2.93. The van der Waals surface area contributed by atoms with Crippen LogP contribution in [0.3, 0.4) is 0 Å². The minimum atomic E-state index is -0.259. The minimum Gasteiger partial charge on any atom is -0.468 e. The number of ether oxygens (including phenoxy) is 1. The zero-order valence-electron chi connectivity index (χ0n) is 10.2. The number of esters is 1. The lowest BCUT2D eigenvalue weighted by atomic mass is 10.2. The molecule has 0 radical (unpaired) electrons. The zero-order chi connectivity index (χ0) is 12.8. The largest absolute Gasteiger partial charge is 0.468 e. The van der Waals surface area contributed by atoms with Gasteiger partial charge in [-0.1, -0.05) is 12.1 Å². The number of carbonyl (C=O) groups is 1. The summed E-state index contributed by atoms with van der Waals surface area (Å²) in [5, 5.41) is 3.01. The number of aromatic nitrogens is 2. The first-order valence-electron chi connectivity index (χ1n) is 5.64. The zero-order valence-corrected chi connectivity index (χ0v) is 10.2. The van der Waals surface area contributed by atoms with Crippen molar-refractivity contribution in [3.8, 4) is 5.69 Å². The Bertz CT molecular complexity index is 491. The number of carbonyl (C=O) groups excluding carboxylic acids is 1. The van der Waals surface area contributed by atoms with Gasteiger partial charge in [-0.3, -0.25) is 4.79 Å². The van der Waals surface area contributed by atoms with Gasteiger partial charge >= 0.3 is 5.97 Å². The van der Waals surface area contributed by atoms with Gasteiger partial charge in [0, 0.05) is 24.6 Å². The number of imidazole rings is 1. The van der Waals surface area contributed by atoms with E-state index < -0.39 is 0 Å². The van der Waals surface area contributed by atoms with Gasteiger partial charge in [0.15, 0.2) is 0 Å². The first-order valence-corrected chi connectivity index (χ1v) is 5.64. The van der Waals surface area contributed by atoms with Crippen molar-refractivity contribution in [1.29, 1.82) is 0 Å². The molecule has 5 nitrogen and oxygen atoms in total. The Morgan fingerprint density at radius 3 is 2.78 bits per heavy atom. The van der Waals surface area contributed by atoms with E-state index in [4.69, 9.17) is 0 Å². The summed E-state index contributed by atoms with van der Waals surface area (Å²) in [5.74, 6) is -0.259. The van der Waals surface area contributed by atoms with E-state index in [9.17, 15) is 4.79 Å². The van der Waals surface area contributed by atoms with Gasteiger partial charge in [-0.25, -0.2) is 4.98 Å². The first kappa shape index (κ1) is 12.3. The molecule has 1 heterocycles. The Balaban J connectivity index is 1.90. The second-order valence-corrected chi connectivity index (χ2v) is 3.82. The lowest BCUT2D eigenvalue weighted by Gasteiger charge is -2.06. The van der Waals surface area contributed by atoms with Gasteiger partial charge in [-0.05, 0) is 17.7 Å². The number of hydrogen-bond donors (Lipinski definition) is 1. The van der Waals surface area contributed by atoms with Crippen molar-refractivity contribution in [3.05, 3.63) is 48.5 Å². The second kappa shape index (κ2) is 5.97. The third-order valence-electron chi connectivity index (χ3n) is 2.57. The number of nitrogens with one attached hydrogen (secondary N) is 1. The lowest BCUT2D eigenvalue weighted by molar-refractivity contribution is -0.139. The molecular formula is C13H15N3O2. The highest BCUT2D eigenvalue weighted by Crippen LogP contribution is 2.08. The third-order valence-corrected chi connectivity index (χ3v) is 2.57. The molecule has 0 fully saturated rings. The Hall–Kier alpha value is -2.14. The standard InChI is InChI=1S/C13H15N3O2/c1-18-13(17)9-15-8-11-2-4-12(5-3-11)16-7-6-14-10-16/h2-7,10,15H,8-9H2,1H3. The summed E-state index contributed by atoms with van der Waals surface area (Å²) in [7, 11) is 1.38. The Morgan fingerprint density at radius 2 is 2.17 bits per heavy atom. The maximum Gasteiger partial charge on any atom is 0.319 e. The molecule has 0 aliphatic heterocycles. The smallest absolute Gasteiger partial charge is 0.319 e. The third kappa shape index (κ3) is 3.18. The summed E-state index contributed by atoms with van der Waals surface area (Å²) in [6, 6.07) is 8.05. The van der Waals surface area contributed by atoms with Crippen molar-refractivity contribution in [2.75, 3.05) is 13.7 Å². The van der Waals surface area contributed by atoms with Gasteiger partial charge in [-0.2, -0.15) is 0 Å². The van der Waals surface area contributed by atoms with E-state index in [2.05, 4.69) is 15.0 Å². The summed E-state index contributed by atoms with van der Waals surface area (Å²) in [4.78, 5) is 14.9. The van der Waals surface area contributed by atoms with Crippen LogP contribution in [-0.2, 0) is 16.1 Å². The fourth-order valence-electron chi connectivity index (χ4n) is 1.58. The number of benzene rings is 1. The molecule has 2 rings (SSSR count). The van der Waals surface area contributed by atoms with Crippen molar-refractivity contribution >= 4 is 5.97 Å². The van der Waals surface area contributed by atoms with Crippen LogP contribution in [-0.4, -0.2) is 29.2 Å². The van der Waals surface area contributed by atoms with E-state index in [1.165, 1.54) is 7.11 Å². The van der Waals surface area contributed by atoms with Crippen LogP contribution < -0.4 is 5.32 Å². The van der Waals surface area contributed by atoms with E-state index in [0.29, 0.717) is 6.54 Å². The van der Waals surface area contributed by atoms with Crippen molar-refractivity contribution < 1.29 is 9.53 Å². The highest BCUT2D eigenvalue weighted by Gasteiger charge is 2.00. The Kier molecular flexibility index (Phi) is 4.09. The highest BCUT2D eigenvalue weighted by molar-refractivity contribution is 5.71. The van der Waals surface area contributed by atoms with Crippen molar-refractivity contribution in [3.63, 3.8) is 0 Å². The summed E-state index contributed by atoms with van der Waals surface area (Å²) >= 11 is 0. The molecule has 0 aliphatic carbocycles. The molecular weight excluding hydrogens is 230 g/mol. The molecule has 5 heteroatoms. The number of nitrogens with zero attached hydrogens (tertiary/aromatic N) is 2. The molecule has 0 spiro atoms. The van der Waals surface area contributed by atoms with Crippen molar-refractivity contribution in [2.24, 2.45) is 0 Å². The van der Waals surface area contributed by atoms with Crippen molar-refractivity contribution in [2.45, 2.75) is 6.54 Å². The number of methoxy groups -OCH3 is 1. The lowest BCUT2D eigenvalue weighted by Crippen LogP contribution is -2.23. The molecule has 0 aliphatic rings.